The predicted octanol–water partition coefficient (Wildman–Crippen LogP) is 4.12. The van der Waals surface area contributed by atoms with E-state index in [1.54, 1.807) is 4.90 Å². The van der Waals surface area contributed by atoms with Crippen molar-refractivity contribution in [1.82, 2.24) is 14.7 Å². The van der Waals surface area contributed by atoms with Crippen molar-refractivity contribution in [3.63, 3.8) is 0 Å². The molecule has 1 fully saturated rings. The van der Waals surface area contributed by atoms with Gasteiger partial charge in [-0.15, -0.1) is 0 Å². The van der Waals surface area contributed by atoms with Gasteiger partial charge < -0.3 is 10.0 Å². The quantitative estimate of drug-likeness (QED) is 0.713. The maximum atomic E-state index is 13.1. The maximum Gasteiger partial charge on any atom is 0.274 e. The first kappa shape index (κ1) is 20.4. The number of carbonyl (C=O) groups is 1. The summed E-state index contributed by atoms with van der Waals surface area (Å²) in [4.78, 5) is 14.9. The summed E-state index contributed by atoms with van der Waals surface area (Å²) >= 11 is 0. The van der Waals surface area contributed by atoms with Crippen LogP contribution >= 0.6 is 0 Å². The van der Waals surface area contributed by atoms with Gasteiger partial charge in [-0.25, -0.2) is 0 Å². The van der Waals surface area contributed by atoms with Crippen LogP contribution in [0, 0.1) is 20.8 Å². The number of piperidine rings is 1. The van der Waals surface area contributed by atoms with Gasteiger partial charge in [-0.2, -0.15) is 5.10 Å². The minimum Gasteiger partial charge on any atom is -0.393 e. The molecule has 1 aromatic heterocycles. The molecule has 0 spiro atoms. The summed E-state index contributed by atoms with van der Waals surface area (Å²) in [6, 6.07) is 16.6. The fourth-order valence-electron chi connectivity index (χ4n) is 3.99. The molecule has 1 saturated heterocycles. The second-order valence-corrected chi connectivity index (χ2v) is 8.38. The van der Waals surface area contributed by atoms with E-state index in [9.17, 15) is 9.90 Å². The van der Waals surface area contributed by atoms with Crippen molar-refractivity contribution >= 4 is 5.91 Å². The highest BCUT2D eigenvalue weighted by atomic mass is 16.3. The summed E-state index contributed by atoms with van der Waals surface area (Å²) in [6.07, 6.45) is 0.943. The number of benzene rings is 2. The zero-order chi connectivity index (χ0) is 21.3. The smallest absolute Gasteiger partial charge is 0.274 e. The highest BCUT2D eigenvalue weighted by Gasteiger charge is 2.25. The number of aliphatic hydroxyl groups excluding tert-OH is 1. The van der Waals surface area contributed by atoms with E-state index in [2.05, 4.69) is 63.2 Å². The van der Waals surface area contributed by atoms with Crippen LogP contribution in [0.2, 0.25) is 0 Å². The third-order valence-corrected chi connectivity index (χ3v) is 5.97. The maximum absolute atomic E-state index is 13.1. The first-order valence-electron chi connectivity index (χ1n) is 10.6. The van der Waals surface area contributed by atoms with Crippen LogP contribution in [0.5, 0.6) is 0 Å². The molecule has 1 amide bonds. The summed E-state index contributed by atoms with van der Waals surface area (Å²) in [5, 5.41) is 14.5. The zero-order valence-electron chi connectivity index (χ0n) is 17.9. The average Bonchev–Trinajstić information content (AvgIpc) is 3.14. The summed E-state index contributed by atoms with van der Waals surface area (Å²) in [7, 11) is 0. The first-order chi connectivity index (χ1) is 14.4. The lowest BCUT2D eigenvalue weighted by molar-refractivity contribution is 0.0541. The topological polar surface area (TPSA) is 58.4 Å². The molecule has 0 radical (unpaired) electrons. The van der Waals surface area contributed by atoms with Crippen molar-refractivity contribution in [3.05, 3.63) is 76.5 Å². The fraction of sp³-hybridized carbons (Fsp3) is 0.360. The lowest BCUT2D eigenvalue weighted by Crippen LogP contribution is -2.40. The Hall–Kier alpha value is -2.92. The normalized spacial score (nSPS) is 14.9. The van der Waals surface area contributed by atoms with Gasteiger partial charge in [0.05, 0.1) is 18.3 Å². The summed E-state index contributed by atoms with van der Waals surface area (Å²) in [5.74, 6) is -0.0602. The van der Waals surface area contributed by atoms with E-state index >= 15 is 0 Å². The molecular weight excluding hydrogens is 374 g/mol. The number of carbonyl (C=O) groups excluding carboxylic acids is 1. The number of likely N-dealkylation sites (tertiary alicyclic amines) is 1. The van der Waals surface area contributed by atoms with Crippen LogP contribution in [0.1, 0.15) is 45.6 Å². The number of hydrogen-bond acceptors (Lipinski definition) is 3. The number of amides is 1. The molecule has 156 valence electrons. The molecule has 30 heavy (non-hydrogen) atoms. The van der Waals surface area contributed by atoms with Crippen molar-refractivity contribution in [2.24, 2.45) is 0 Å². The Kier molecular flexibility index (Phi) is 5.73. The molecule has 4 rings (SSSR count). The number of hydrogen-bond donors (Lipinski definition) is 1. The Morgan fingerprint density at radius 3 is 2.50 bits per heavy atom. The Morgan fingerprint density at radius 2 is 1.80 bits per heavy atom. The van der Waals surface area contributed by atoms with E-state index in [0.29, 0.717) is 38.2 Å². The number of aryl methyl sites for hydroxylation is 3. The minimum atomic E-state index is -0.306. The standard InChI is InChI=1S/C25H29N3O2/c1-17-5-4-6-20(13-17)16-28-24(21-8-7-18(2)19(3)14-21)15-23(26-28)25(30)27-11-9-22(29)10-12-27/h4-8,13-15,22,29H,9-12,16H2,1-3H3. The molecule has 2 heterocycles. The van der Waals surface area contributed by atoms with Crippen molar-refractivity contribution in [2.75, 3.05) is 13.1 Å². The van der Waals surface area contributed by atoms with Gasteiger partial charge in [0, 0.05) is 18.7 Å². The van der Waals surface area contributed by atoms with Gasteiger partial charge in [-0.05, 0) is 62.4 Å². The van der Waals surface area contributed by atoms with Crippen LogP contribution in [0.25, 0.3) is 11.3 Å². The molecule has 1 aliphatic rings. The van der Waals surface area contributed by atoms with Crippen molar-refractivity contribution in [3.8, 4) is 11.3 Å². The highest BCUT2D eigenvalue weighted by Crippen LogP contribution is 2.25. The molecule has 3 aromatic rings. The Morgan fingerprint density at radius 1 is 1.03 bits per heavy atom. The Balaban J connectivity index is 1.71. The third-order valence-electron chi connectivity index (χ3n) is 5.97. The largest absolute Gasteiger partial charge is 0.393 e. The van der Waals surface area contributed by atoms with Crippen LogP contribution in [0.4, 0.5) is 0 Å². The summed E-state index contributed by atoms with van der Waals surface area (Å²) in [6.45, 7) is 8.04. The monoisotopic (exact) mass is 403 g/mol. The number of nitrogens with zero attached hydrogens (tertiary/aromatic N) is 3. The second-order valence-electron chi connectivity index (χ2n) is 8.38. The Bertz CT molecular complexity index is 1060. The number of rotatable bonds is 4. The van der Waals surface area contributed by atoms with Gasteiger partial charge in [0.15, 0.2) is 5.69 Å². The van der Waals surface area contributed by atoms with Crippen LogP contribution < -0.4 is 0 Å². The minimum absolute atomic E-state index is 0.0602. The molecule has 0 atom stereocenters. The Labute approximate surface area is 178 Å². The van der Waals surface area contributed by atoms with E-state index in [0.717, 1.165) is 16.8 Å². The second kappa shape index (κ2) is 8.44. The highest BCUT2D eigenvalue weighted by molar-refractivity contribution is 5.93. The summed E-state index contributed by atoms with van der Waals surface area (Å²) < 4.78 is 1.94. The molecule has 0 bridgehead atoms. The average molecular weight is 404 g/mol. The molecule has 0 saturated carbocycles. The summed E-state index contributed by atoms with van der Waals surface area (Å²) in [5.41, 5.74) is 7.29. The molecule has 0 aliphatic carbocycles. The molecular formula is C25H29N3O2. The molecule has 5 nitrogen and oxygen atoms in total. The number of aliphatic hydroxyl groups is 1. The predicted molar refractivity (Wildman–Crippen MR) is 119 cm³/mol. The van der Waals surface area contributed by atoms with Crippen LogP contribution in [0.15, 0.2) is 48.5 Å². The van der Waals surface area contributed by atoms with E-state index in [1.165, 1.54) is 16.7 Å². The van der Waals surface area contributed by atoms with Gasteiger partial charge in [-0.1, -0.05) is 42.0 Å². The SMILES string of the molecule is Cc1cccc(Cn2nc(C(=O)N3CCC(O)CC3)cc2-c2ccc(C)c(C)c2)c1. The van der Waals surface area contributed by atoms with Crippen LogP contribution in [-0.2, 0) is 6.54 Å². The molecule has 1 aliphatic heterocycles. The fourth-order valence-corrected chi connectivity index (χ4v) is 3.99. The zero-order valence-corrected chi connectivity index (χ0v) is 17.9. The van der Waals surface area contributed by atoms with E-state index in [1.807, 2.05) is 10.7 Å². The number of aromatic nitrogens is 2. The van der Waals surface area contributed by atoms with E-state index in [4.69, 9.17) is 5.10 Å². The third kappa shape index (κ3) is 4.31. The van der Waals surface area contributed by atoms with Gasteiger partial charge in [0.2, 0.25) is 0 Å². The van der Waals surface area contributed by atoms with Crippen LogP contribution in [-0.4, -0.2) is 44.9 Å². The van der Waals surface area contributed by atoms with Crippen molar-refractivity contribution in [1.29, 1.82) is 0 Å². The van der Waals surface area contributed by atoms with Gasteiger partial charge >= 0.3 is 0 Å². The lowest BCUT2D eigenvalue weighted by atomic mass is 10.0. The van der Waals surface area contributed by atoms with Gasteiger partial charge in [0.25, 0.3) is 5.91 Å². The molecule has 0 unspecified atom stereocenters. The van der Waals surface area contributed by atoms with E-state index in [-0.39, 0.29) is 12.0 Å². The van der Waals surface area contributed by atoms with Gasteiger partial charge in [-0.3, -0.25) is 9.48 Å². The van der Waals surface area contributed by atoms with Gasteiger partial charge in [0.1, 0.15) is 0 Å². The molecule has 1 N–H and O–H groups in total. The lowest BCUT2D eigenvalue weighted by Gasteiger charge is -2.28. The molecule has 5 heteroatoms. The van der Waals surface area contributed by atoms with Crippen LogP contribution in [0.3, 0.4) is 0 Å². The first-order valence-corrected chi connectivity index (χ1v) is 10.6. The van der Waals surface area contributed by atoms with Crippen molar-refractivity contribution < 1.29 is 9.90 Å². The van der Waals surface area contributed by atoms with E-state index < -0.39 is 0 Å². The molecule has 2 aromatic carbocycles. The van der Waals surface area contributed by atoms with Crippen molar-refractivity contribution in [2.45, 2.75) is 46.3 Å².